The molecule has 1 amide bonds. The van der Waals surface area contributed by atoms with Crippen LogP contribution in [-0.4, -0.2) is 23.9 Å². The Balaban J connectivity index is 1.50. The molecule has 2 aromatic carbocycles. The normalized spacial score (nSPS) is 18.1. The predicted octanol–water partition coefficient (Wildman–Crippen LogP) is 3.66. The number of piperidine rings is 1. The molecular weight excluding hydrogens is 315 g/mol. The summed E-state index contributed by atoms with van der Waals surface area (Å²) < 4.78 is 13.0. The van der Waals surface area contributed by atoms with Crippen molar-refractivity contribution >= 4 is 5.91 Å². The summed E-state index contributed by atoms with van der Waals surface area (Å²) in [7, 11) is 0. The van der Waals surface area contributed by atoms with Gasteiger partial charge >= 0.3 is 0 Å². The van der Waals surface area contributed by atoms with Crippen LogP contribution in [0.1, 0.15) is 29.5 Å². The van der Waals surface area contributed by atoms with Crippen molar-refractivity contribution in [3.63, 3.8) is 0 Å². The Morgan fingerprint density at radius 3 is 2.52 bits per heavy atom. The SMILES string of the molecule is Cc1ccc(CNC(=O)[C@H]2CCCN(Cc3ccc(F)cc3)C2)cc1. The maximum absolute atomic E-state index is 13.0. The Labute approximate surface area is 148 Å². The quantitative estimate of drug-likeness (QED) is 0.901. The number of amides is 1. The fourth-order valence-corrected chi connectivity index (χ4v) is 3.30. The van der Waals surface area contributed by atoms with E-state index in [2.05, 4.69) is 41.4 Å². The predicted molar refractivity (Wildman–Crippen MR) is 97.4 cm³/mol. The number of aryl methyl sites for hydroxylation is 1. The van der Waals surface area contributed by atoms with Crippen LogP contribution in [0.3, 0.4) is 0 Å². The van der Waals surface area contributed by atoms with Gasteiger partial charge in [0.05, 0.1) is 5.92 Å². The number of nitrogens with zero attached hydrogens (tertiary/aromatic N) is 1. The average molecular weight is 340 g/mol. The number of carbonyl (C=O) groups is 1. The van der Waals surface area contributed by atoms with Crippen molar-refractivity contribution in [2.45, 2.75) is 32.9 Å². The second-order valence-electron chi connectivity index (χ2n) is 6.90. The van der Waals surface area contributed by atoms with Gasteiger partial charge in [-0.05, 0) is 49.6 Å². The van der Waals surface area contributed by atoms with Gasteiger partial charge < -0.3 is 5.32 Å². The summed E-state index contributed by atoms with van der Waals surface area (Å²) in [5.41, 5.74) is 3.43. The first-order chi connectivity index (χ1) is 12.1. The molecule has 1 aliphatic rings. The Morgan fingerprint density at radius 2 is 1.80 bits per heavy atom. The van der Waals surface area contributed by atoms with E-state index >= 15 is 0 Å². The highest BCUT2D eigenvalue weighted by Gasteiger charge is 2.25. The molecule has 1 heterocycles. The number of rotatable bonds is 5. The summed E-state index contributed by atoms with van der Waals surface area (Å²) in [6.07, 6.45) is 1.95. The molecule has 1 N–H and O–H groups in total. The van der Waals surface area contributed by atoms with Crippen molar-refractivity contribution in [3.8, 4) is 0 Å². The van der Waals surface area contributed by atoms with Gasteiger partial charge in [-0.1, -0.05) is 42.0 Å². The van der Waals surface area contributed by atoms with E-state index in [4.69, 9.17) is 0 Å². The van der Waals surface area contributed by atoms with Crippen LogP contribution in [0.2, 0.25) is 0 Å². The third-order valence-electron chi connectivity index (χ3n) is 4.78. The zero-order valence-electron chi connectivity index (χ0n) is 14.7. The molecule has 2 aromatic rings. The summed E-state index contributed by atoms with van der Waals surface area (Å²) in [5, 5.41) is 3.06. The van der Waals surface area contributed by atoms with Gasteiger partial charge in [-0.15, -0.1) is 0 Å². The highest BCUT2D eigenvalue weighted by atomic mass is 19.1. The Kier molecular flexibility index (Phi) is 5.82. The summed E-state index contributed by atoms with van der Waals surface area (Å²) in [6, 6.07) is 14.8. The van der Waals surface area contributed by atoms with E-state index in [0.29, 0.717) is 6.54 Å². The molecule has 0 bridgehead atoms. The highest BCUT2D eigenvalue weighted by Crippen LogP contribution is 2.19. The molecule has 3 rings (SSSR count). The topological polar surface area (TPSA) is 32.3 Å². The van der Waals surface area contributed by atoms with Crippen molar-refractivity contribution < 1.29 is 9.18 Å². The molecule has 0 spiro atoms. The number of nitrogens with one attached hydrogen (secondary N) is 1. The van der Waals surface area contributed by atoms with Crippen LogP contribution in [0.25, 0.3) is 0 Å². The molecular formula is C21H25FN2O. The van der Waals surface area contributed by atoms with Gasteiger partial charge in [0, 0.05) is 19.6 Å². The van der Waals surface area contributed by atoms with Crippen molar-refractivity contribution in [2.75, 3.05) is 13.1 Å². The lowest BCUT2D eigenvalue weighted by molar-refractivity contribution is -0.126. The Hall–Kier alpha value is -2.20. The van der Waals surface area contributed by atoms with Crippen molar-refractivity contribution in [1.29, 1.82) is 0 Å². The molecule has 0 unspecified atom stereocenters. The van der Waals surface area contributed by atoms with Gasteiger partial charge in [-0.2, -0.15) is 0 Å². The van der Waals surface area contributed by atoms with Crippen molar-refractivity contribution in [2.24, 2.45) is 5.92 Å². The lowest BCUT2D eigenvalue weighted by Gasteiger charge is -2.32. The molecule has 1 saturated heterocycles. The first kappa shape index (κ1) is 17.6. The Bertz CT molecular complexity index is 697. The maximum atomic E-state index is 13.0. The van der Waals surface area contributed by atoms with Crippen LogP contribution in [0.5, 0.6) is 0 Å². The average Bonchev–Trinajstić information content (AvgIpc) is 2.63. The van der Waals surface area contributed by atoms with Gasteiger partial charge in [0.2, 0.25) is 5.91 Å². The third-order valence-corrected chi connectivity index (χ3v) is 4.78. The summed E-state index contributed by atoms with van der Waals surface area (Å²) in [5.74, 6) is -0.0558. The van der Waals surface area contributed by atoms with Crippen LogP contribution in [0.4, 0.5) is 4.39 Å². The summed E-state index contributed by atoms with van der Waals surface area (Å²) in [4.78, 5) is 14.8. The van der Waals surface area contributed by atoms with E-state index in [-0.39, 0.29) is 17.6 Å². The minimum absolute atomic E-state index is 0.0275. The summed E-state index contributed by atoms with van der Waals surface area (Å²) in [6.45, 7) is 5.14. The first-order valence-electron chi connectivity index (χ1n) is 8.90. The van der Waals surface area contributed by atoms with Crippen molar-refractivity contribution in [3.05, 3.63) is 71.0 Å². The van der Waals surface area contributed by atoms with Crippen molar-refractivity contribution in [1.82, 2.24) is 10.2 Å². The van der Waals surface area contributed by atoms with Gasteiger partial charge in [0.25, 0.3) is 0 Å². The van der Waals surface area contributed by atoms with Gasteiger partial charge in [0.1, 0.15) is 5.82 Å². The molecule has 4 heteroatoms. The highest BCUT2D eigenvalue weighted by molar-refractivity contribution is 5.78. The molecule has 0 aromatic heterocycles. The lowest BCUT2D eigenvalue weighted by atomic mass is 9.96. The van der Waals surface area contributed by atoms with E-state index in [1.165, 1.54) is 17.7 Å². The van der Waals surface area contributed by atoms with Crippen LogP contribution in [0, 0.1) is 18.7 Å². The molecule has 3 nitrogen and oxygen atoms in total. The van der Waals surface area contributed by atoms with Gasteiger partial charge in [0.15, 0.2) is 0 Å². The van der Waals surface area contributed by atoms with E-state index < -0.39 is 0 Å². The molecule has 132 valence electrons. The molecule has 0 aliphatic carbocycles. The molecule has 0 radical (unpaired) electrons. The second kappa shape index (κ2) is 8.26. The van der Waals surface area contributed by atoms with Gasteiger partial charge in [-0.3, -0.25) is 9.69 Å². The van der Waals surface area contributed by atoms with Gasteiger partial charge in [-0.25, -0.2) is 4.39 Å². The number of carbonyl (C=O) groups excluding carboxylic acids is 1. The lowest BCUT2D eigenvalue weighted by Crippen LogP contribution is -2.42. The monoisotopic (exact) mass is 340 g/mol. The fourth-order valence-electron chi connectivity index (χ4n) is 3.30. The number of likely N-dealkylation sites (tertiary alicyclic amines) is 1. The number of hydrogen-bond acceptors (Lipinski definition) is 2. The molecule has 1 atom stereocenters. The zero-order valence-corrected chi connectivity index (χ0v) is 14.7. The number of halogens is 1. The Morgan fingerprint density at radius 1 is 1.12 bits per heavy atom. The smallest absolute Gasteiger partial charge is 0.224 e. The maximum Gasteiger partial charge on any atom is 0.224 e. The van der Waals surface area contributed by atoms with E-state index in [1.54, 1.807) is 0 Å². The number of hydrogen-bond donors (Lipinski definition) is 1. The second-order valence-corrected chi connectivity index (χ2v) is 6.90. The van der Waals surface area contributed by atoms with Crippen LogP contribution in [0.15, 0.2) is 48.5 Å². The standard InChI is InChI=1S/C21H25FN2O/c1-16-4-6-17(7-5-16)13-23-21(25)19-3-2-12-24(15-19)14-18-8-10-20(22)11-9-18/h4-11,19H,2-3,12-15H2,1H3,(H,23,25)/t19-/m0/s1. The van der Waals surface area contributed by atoms with E-state index in [9.17, 15) is 9.18 Å². The van der Waals surface area contributed by atoms with E-state index in [1.807, 2.05) is 12.1 Å². The molecule has 1 aliphatic heterocycles. The minimum atomic E-state index is -0.212. The van der Waals surface area contributed by atoms with Crippen LogP contribution >= 0.6 is 0 Å². The van der Waals surface area contributed by atoms with E-state index in [0.717, 1.165) is 43.6 Å². The first-order valence-corrected chi connectivity index (χ1v) is 8.90. The van der Waals surface area contributed by atoms with Crippen LogP contribution < -0.4 is 5.32 Å². The fraction of sp³-hybridized carbons (Fsp3) is 0.381. The summed E-state index contributed by atoms with van der Waals surface area (Å²) >= 11 is 0. The molecule has 1 fully saturated rings. The minimum Gasteiger partial charge on any atom is -0.352 e. The molecule has 25 heavy (non-hydrogen) atoms. The molecule has 0 saturated carbocycles. The third kappa shape index (κ3) is 5.13. The largest absolute Gasteiger partial charge is 0.352 e. The zero-order chi connectivity index (χ0) is 17.6. The van der Waals surface area contributed by atoms with Crippen LogP contribution in [-0.2, 0) is 17.9 Å². The number of benzene rings is 2.